The van der Waals surface area contributed by atoms with E-state index in [-0.39, 0.29) is 22.3 Å². The van der Waals surface area contributed by atoms with Gasteiger partial charge in [0.2, 0.25) is 0 Å². The Labute approximate surface area is 260 Å². The van der Waals surface area contributed by atoms with E-state index in [4.69, 9.17) is 11.6 Å². The van der Waals surface area contributed by atoms with Crippen molar-refractivity contribution >= 4 is 11.6 Å². The van der Waals surface area contributed by atoms with Crippen LogP contribution in [0.25, 0.3) is 33.4 Å². The zero-order valence-corrected chi connectivity index (χ0v) is 24.7. The van der Waals surface area contributed by atoms with Gasteiger partial charge in [0.15, 0.2) is 0 Å². The number of halogens is 8. The number of benzene rings is 5. The largest absolute Gasteiger partial charge is 0.429 e. The van der Waals surface area contributed by atoms with Gasteiger partial charge < -0.3 is 4.74 Å². The molecule has 5 aromatic carbocycles. The average Bonchev–Trinajstić information content (AvgIpc) is 3.00. The quantitative estimate of drug-likeness (QED) is 0.0837. The molecule has 0 saturated heterocycles. The molecule has 0 bridgehead atoms. The van der Waals surface area contributed by atoms with Crippen LogP contribution in [0.4, 0.5) is 30.7 Å². The predicted octanol–water partition coefficient (Wildman–Crippen LogP) is 11.9. The molecule has 0 spiro atoms. The van der Waals surface area contributed by atoms with Crippen molar-refractivity contribution < 1.29 is 35.5 Å². The van der Waals surface area contributed by atoms with Crippen molar-refractivity contribution in [3.8, 4) is 39.1 Å². The van der Waals surface area contributed by atoms with Crippen LogP contribution in [0.5, 0.6) is 5.75 Å². The molecule has 0 N–H and O–H groups in total. The fourth-order valence-electron chi connectivity index (χ4n) is 5.00. The fourth-order valence-corrected chi connectivity index (χ4v) is 5.11. The summed E-state index contributed by atoms with van der Waals surface area (Å²) in [4.78, 5) is 0. The summed E-state index contributed by atoms with van der Waals surface area (Å²) in [6.07, 6.45) is 0.0833. The highest BCUT2D eigenvalue weighted by molar-refractivity contribution is 6.31. The van der Waals surface area contributed by atoms with Crippen molar-refractivity contribution in [1.82, 2.24) is 0 Å². The van der Waals surface area contributed by atoms with Crippen LogP contribution in [0.3, 0.4) is 0 Å². The Kier molecular flexibility index (Phi) is 9.53. The second-order valence-corrected chi connectivity index (χ2v) is 10.9. The third kappa shape index (κ3) is 7.17. The van der Waals surface area contributed by atoms with Crippen molar-refractivity contribution in [2.75, 3.05) is 0 Å². The van der Waals surface area contributed by atoms with Gasteiger partial charge in [-0.25, -0.2) is 22.0 Å². The van der Waals surface area contributed by atoms with Gasteiger partial charge in [-0.1, -0.05) is 73.8 Å². The molecule has 0 radical (unpaired) electrons. The number of alkyl halides is 2. The first-order valence-electron chi connectivity index (χ1n) is 14.2. The molecule has 232 valence electrons. The molecular weight excluding hydrogens is 617 g/mol. The fraction of sp³-hybridized carbons (Fsp3) is 0.167. The van der Waals surface area contributed by atoms with Crippen LogP contribution in [0.15, 0.2) is 91.0 Å². The summed E-state index contributed by atoms with van der Waals surface area (Å²) in [6.45, 7) is 2.14. The molecule has 0 heterocycles. The minimum Gasteiger partial charge on any atom is -0.429 e. The van der Waals surface area contributed by atoms with Gasteiger partial charge >= 0.3 is 6.11 Å². The molecule has 5 rings (SSSR count). The van der Waals surface area contributed by atoms with Crippen molar-refractivity contribution in [2.45, 2.75) is 38.7 Å². The smallest absolute Gasteiger partial charge is 0.429 e. The monoisotopic (exact) mass is 642 g/mol. The van der Waals surface area contributed by atoms with E-state index in [1.54, 1.807) is 6.07 Å². The van der Waals surface area contributed by atoms with E-state index in [1.165, 1.54) is 17.7 Å². The summed E-state index contributed by atoms with van der Waals surface area (Å²) in [5, 5.41) is -0.773. The topological polar surface area (TPSA) is 9.23 Å². The van der Waals surface area contributed by atoms with E-state index in [0.717, 1.165) is 73.7 Å². The minimum atomic E-state index is -4.25. The van der Waals surface area contributed by atoms with Gasteiger partial charge in [0.25, 0.3) is 0 Å². The Balaban J connectivity index is 1.32. The second-order valence-electron chi connectivity index (χ2n) is 10.6. The van der Waals surface area contributed by atoms with Crippen LogP contribution < -0.4 is 4.74 Å². The maximum Gasteiger partial charge on any atom is 0.429 e. The van der Waals surface area contributed by atoms with E-state index in [2.05, 4.69) is 11.7 Å². The molecule has 0 aliphatic heterocycles. The van der Waals surface area contributed by atoms with E-state index >= 15 is 13.2 Å². The Bertz CT molecular complexity index is 1810. The highest BCUT2D eigenvalue weighted by Gasteiger charge is 2.38. The number of ether oxygens (including phenoxy) is 1. The second kappa shape index (κ2) is 13.4. The van der Waals surface area contributed by atoms with Crippen LogP contribution in [0.1, 0.15) is 37.3 Å². The Morgan fingerprint density at radius 3 is 1.76 bits per heavy atom. The zero-order chi connectivity index (χ0) is 32.3. The minimum absolute atomic E-state index is 0.0114. The molecule has 0 atom stereocenters. The van der Waals surface area contributed by atoms with Gasteiger partial charge in [-0.05, 0) is 83.1 Å². The lowest BCUT2D eigenvalue weighted by Gasteiger charge is -2.20. The highest BCUT2D eigenvalue weighted by Crippen LogP contribution is 2.38. The molecule has 0 amide bonds. The van der Waals surface area contributed by atoms with Crippen LogP contribution in [0.2, 0.25) is 5.02 Å². The normalized spacial score (nSPS) is 11.6. The number of hydrogen-bond acceptors (Lipinski definition) is 1. The van der Waals surface area contributed by atoms with Crippen molar-refractivity contribution in [3.63, 3.8) is 0 Å². The van der Waals surface area contributed by atoms with Crippen molar-refractivity contribution in [3.05, 3.63) is 136 Å². The van der Waals surface area contributed by atoms with E-state index in [0.29, 0.717) is 11.6 Å². The first-order valence-corrected chi connectivity index (χ1v) is 14.5. The molecule has 0 aliphatic rings. The van der Waals surface area contributed by atoms with Crippen LogP contribution in [-0.2, 0) is 12.5 Å². The Morgan fingerprint density at radius 2 is 1.13 bits per heavy atom. The molecule has 0 aliphatic carbocycles. The van der Waals surface area contributed by atoms with E-state index in [9.17, 15) is 17.6 Å². The Morgan fingerprint density at radius 1 is 0.578 bits per heavy atom. The molecule has 5 aromatic rings. The van der Waals surface area contributed by atoms with Crippen molar-refractivity contribution in [1.29, 1.82) is 0 Å². The molecule has 0 aromatic heterocycles. The molecule has 45 heavy (non-hydrogen) atoms. The predicted molar refractivity (Wildman–Crippen MR) is 162 cm³/mol. The maximum absolute atomic E-state index is 15.1. The average molecular weight is 643 g/mol. The summed E-state index contributed by atoms with van der Waals surface area (Å²) in [6, 6.07) is 19.0. The molecule has 1 nitrogen and oxygen atoms in total. The number of unbranched alkanes of at least 4 members (excludes halogenated alkanes) is 2. The van der Waals surface area contributed by atoms with Gasteiger partial charge in [0.05, 0.1) is 5.56 Å². The van der Waals surface area contributed by atoms with Crippen LogP contribution in [-0.4, -0.2) is 0 Å². The highest BCUT2D eigenvalue weighted by atomic mass is 35.5. The van der Waals surface area contributed by atoms with Gasteiger partial charge in [-0.15, -0.1) is 0 Å². The third-order valence-electron chi connectivity index (χ3n) is 7.40. The molecule has 0 saturated carbocycles. The molecular formula is C36H26ClF7O. The summed E-state index contributed by atoms with van der Waals surface area (Å²) in [5.41, 5.74) is 0.958. The number of rotatable bonds is 10. The van der Waals surface area contributed by atoms with E-state index in [1.807, 2.05) is 24.3 Å². The van der Waals surface area contributed by atoms with E-state index < -0.39 is 51.5 Å². The lowest BCUT2D eigenvalue weighted by atomic mass is 9.97. The summed E-state index contributed by atoms with van der Waals surface area (Å²) in [5.74, 6) is -6.09. The maximum atomic E-state index is 15.1. The van der Waals surface area contributed by atoms with Crippen LogP contribution >= 0.6 is 11.6 Å². The summed E-state index contributed by atoms with van der Waals surface area (Å²) >= 11 is 5.45. The van der Waals surface area contributed by atoms with Gasteiger partial charge in [0.1, 0.15) is 39.9 Å². The molecule has 0 unspecified atom stereocenters. The third-order valence-corrected chi connectivity index (χ3v) is 7.76. The van der Waals surface area contributed by atoms with Gasteiger partial charge in [0, 0.05) is 17.2 Å². The molecule has 0 fully saturated rings. The summed E-state index contributed by atoms with van der Waals surface area (Å²) < 4.78 is 107. The first-order chi connectivity index (χ1) is 21.5. The number of aryl methyl sites for hydroxylation is 1. The Hall–Kier alpha value is -4.30. The standard InChI is InChI=1S/C36H26ClF7O/c1-2-3-4-5-21-6-8-22(9-7-21)23-10-13-27(30(38)16-23)24-11-15-29(32(40)17-24)36(43,44)45-26-12-14-28(31(39)20-26)25-18-33(41)35(37)34(42)19-25/h6-20H,2-5H2,1H3. The molecule has 9 heteroatoms. The van der Waals surface area contributed by atoms with Gasteiger partial charge in [-0.3, -0.25) is 0 Å². The van der Waals surface area contributed by atoms with Gasteiger partial charge in [-0.2, -0.15) is 8.78 Å². The van der Waals surface area contributed by atoms with Crippen molar-refractivity contribution in [2.24, 2.45) is 0 Å². The van der Waals surface area contributed by atoms with Crippen LogP contribution in [0, 0.1) is 29.1 Å². The first kappa shape index (κ1) is 32.1. The summed E-state index contributed by atoms with van der Waals surface area (Å²) in [7, 11) is 0. The number of hydrogen-bond donors (Lipinski definition) is 0. The zero-order valence-electron chi connectivity index (χ0n) is 23.9. The lowest BCUT2D eigenvalue weighted by molar-refractivity contribution is -0.187. The lowest BCUT2D eigenvalue weighted by Crippen LogP contribution is -2.23. The SMILES string of the molecule is CCCCCc1ccc(-c2ccc(-c3ccc(C(F)(F)Oc4ccc(-c5cc(F)c(Cl)c(F)c5)c(F)c4)c(F)c3)c(F)c2)cc1.